The van der Waals surface area contributed by atoms with Crippen LogP contribution in [-0.4, -0.2) is 48.9 Å². The molecular formula is C17H21N3O5. The number of ketones is 1. The third kappa shape index (κ3) is 3.90. The van der Waals surface area contributed by atoms with Crippen LogP contribution in [-0.2, 0) is 9.59 Å². The highest BCUT2D eigenvalue weighted by Crippen LogP contribution is 2.37. The monoisotopic (exact) mass is 347 g/mol. The zero-order chi connectivity index (χ0) is 18.0. The number of primary amides is 1. The predicted octanol–water partition coefficient (Wildman–Crippen LogP) is 0.754. The van der Waals surface area contributed by atoms with Gasteiger partial charge in [-0.25, -0.2) is 0 Å². The van der Waals surface area contributed by atoms with Crippen molar-refractivity contribution in [3.63, 3.8) is 0 Å². The molecule has 0 aromatic heterocycles. The normalized spacial score (nSPS) is 17.3. The van der Waals surface area contributed by atoms with Gasteiger partial charge in [0.05, 0.1) is 12.2 Å². The van der Waals surface area contributed by atoms with Gasteiger partial charge in [0.25, 0.3) is 0 Å². The van der Waals surface area contributed by atoms with Crippen molar-refractivity contribution in [2.45, 2.75) is 19.8 Å². The molecule has 0 bridgehead atoms. The number of amides is 2. The molecule has 134 valence electrons. The van der Waals surface area contributed by atoms with Gasteiger partial charge in [0, 0.05) is 17.5 Å². The number of benzene rings is 1. The Kier molecular flexibility index (Phi) is 4.89. The lowest BCUT2D eigenvalue weighted by atomic mass is 9.96. The van der Waals surface area contributed by atoms with E-state index in [2.05, 4.69) is 5.32 Å². The maximum Gasteiger partial charge on any atom is 0.238 e. The van der Waals surface area contributed by atoms with Crippen molar-refractivity contribution in [3.8, 4) is 11.5 Å². The van der Waals surface area contributed by atoms with Crippen LogP contribution < -0.4 is 20.5 Å². The first-order valence-corrected chi connectivity index (χ1v) is 8.20. The summed E-state index contributed by atoms with van der Waals surface area (Å²) in [6, 6.07) is 3.19. The number of hydrogen-bond acceptors (Lipinski definition) is 6. The quantitative estimate of drug-likeness (QED) is 0.761. The lowest BCUT2D eigenvalue weighted by Crippen LogP contribution is -2.42. The zero-order valence-corrected chi connectivity index (χ0v) is 14.0. The molecule has 1 saturated heterocycles. The summed E-state index contributed by atoms with van der Waals surface area (Å²) in [6.45, 7) is 3.00. The lowest BCUT2D eigenvalue weighted by Gasteiger charge is -2.29. The van der Waals surface area contributed by atoms with Crippen molar-refractivity contribution in [3.05, 3.63) is 17.7 Å². The number of nitrogens with zero attached hydrogens (tertiary/aromatic N) is 1. The van der Waals surface area contributed by atoms with Crippen LogP contribution >= 0.6 is 0 Å². The van der Waals surface area contributed by atoms with Crippen LogP contribution in [0.1, 0.15) is 30.1 Å². The zero-order valence-electron chi connectivity index (χ0n) is 14.0. The second-order valence-corrected chi connectivity index (χ2v) is 6.31. The van der Waals surface area contributed by atoms with Crippen LogP contribution in [0.4, 0.5) is 5.69 Å². The highest BCUT2D eigenvalue weighted by atomic mass is 16.7. The van der Waals surface area contributed by atoms with Gasteiger partial charge < -0.3 is 20.5 Å². The maximum absolute atomic E-state index is 12.3. The molecule has 2 aliphatic heterocycles. The molecule has 0 atom stereocenters. The Labute approximate surface area is 145 Å². The summed E-state index contributed by atoms with van der Waals surface area (Å²) in [5.41, 5.74) is 6.11. The summed E-state index contributed by atoms with van der Waals surface area (Å²) in [5, 5.41) is 2.77. The first-order valence-electron chi connectivity index (χ1n) is 8.20. The Bertz CT molecular complexity index is 710. The molecule has 3 rings (SSSR count). The summed E-state index contributed by atoms with van der Waals surface area (Å²) < 4.78 is 10.6. The van der Waals surface area contributed by atoms with E-state index in [0.29, 0.717) is 48.7 Å². The number of hydrogen-bond donors (Lipinski definition) is 2. The molecule has 0 aliphatic carbocycles. The summed E-state index contributed by atoms with van der Waals surface area (Å²) >= 11 is 0. The van der Waals surface area contributed by atoms with Crippen LogP contribution in [0.25, 0.3) is 0 Å². The number of carbonyl (C=O) groups is 3. The third-order valence-electron chi connectivity index (χ3n) is 4.52. The molecule has 0 saturated carbocycles. The summed E-state index contributed by atoms with van der Waals surface area (Å²) in [4.78, 5) is 37.3. The molecule has 1 fully saturated rings. The fraction of sp³-hybridized carbons (Fsp3) is 0.471. The number of anilines is 1. The van der Waals surface area contributed by atoms with Crippen LogP contribution in [0.3, 0.4) is 0 Å². The molecule has 0 radical (unpaired) electrons. The minimum atomic E-state index is -0.282. The van der Waals surface area contributed by atoms with Crippen molar-refractivity contribution < 1.29 is 23.9 Å². The Balaban J connectivity index is 1.63. The summed E-state index contributed by atoms with van der Waals surface area (Å²) in [6.07, 6.45) is 1.32. The Morgan fingerprint density at radius 2 is 1.84 bits per heavy atom. The maximum atomic E-state index is 12.3. The summed E-state index contributed by atoms with van der Waals surface area (Å²) in [5.74, 6) is 0.210. The summed E-state index contributed by atoms with van der Waals surface area (Å²) in [7, 11) is 0. The van der Waals surface area contributed by atoms with E-state index in [4.69, 9.17) is 15.2 Å². The average Bonchev–Trinajstić information content (AvgIpc) is 3.01. The molecule has 1 aromatic rings. The third-order valence-corrected chi connectivity index (χ3v) is 4.52. The molecule has 8 heteroatoms. The van der Waals surface area contributed by atoms with Crippen molar-refractivity contribution in [2.24, 2.45) is 11.7 Å². The van der Waals surface area contributed by atoms with Gasteiger partial charge in [-0.3, -0.25) is 19.3 Å². The molecule has 8 nitrogen and oxygen atoms in total. The molecule has 25 heavy (non-hydrogen) atoms. The number of likely N-dealkylation sites (tertiary alicyclic amines) is 1. The molecule has 0 spiro atoms. The van der Waals surface area contributed by atoms with E-state index in [1.807, 2.05) is 4.90 Å². The van der Waals surface area contributed by atoms with Gasteiger partial charge in [-0.15, -0.1) is 0 Å². The van der Waals surface area contributed by atoms with Crippen LogP contribution in [0, 0.1) is 5.92 Å². The smallest absolute Gasteiger partial charge is 0.238 e. The highest BCUT2D eigenvalue weighted by molar-refractivity contribution is 6.05. The second kappa shape index (κ2) is 7.10. The fourth-order valence-corrected chi connectivity index (χ4v) is 3.11. The van der Waals surface area contributed by atoms with E-state index in [-0.39, 0.29) is 36.9 Å². The van der Waals surface area contributed by atoms with E-state index in [0.717, 1.165) is 0 Å². The van der Waals surface area contributed by atoms with Crippen molar-refractivity contribution >= 4 is 23.3 Å². The second-order valence-electron chi connectivity index (χ2n) is 6.31. The molecule has 3 N–H and O–H groups in total. The van der Waals surface area contributed by atoms with E-state index in [1.165, 1.54) is 6.92 Å². The molecule has 2 heterocycles. The van der Waals surface area contributed by atoms with E-state index in [1.54, 1.807) is 12.1 Å². The Morgan fingerprint density at radius 1 is 1.20 bits per heavy atom. The first-order chi connectivity index (χ1) is 11.9. The van der Waals surface area contributed by atoms with Crippen LogP contribution in [0.5, 0.6) is 11.5 Å². The number of piperidine rings is 1. The van der Waals surface area contributed by atoms with Crippen LogP contribution in [0.15, 0.2) is 12.1 Å². The van der Waals surface area contributed by atoms with Crippen molar-refractivity contribution in [1.29, 1.82) is 0 Å². The number of fused-ring (bicyclic) bond motifs is 1. The number of carbonyl (C=O) groups excluding carboxylic acids is 3. The van der Waals surface area contributed by atoms with E-state index >= 15 is 0 Å². The van der Waals surface area contributed by atoms with Gasteiger partial charge in [-0.2, -0.15) is 0 Å². The molecular weight excluding hydrogens is 326 g/mol. The molecule has 0 unspecified atom stereocenters. The van der Waals surface area contributed by atoms with Gasteiger partial charge in [0.2, 0.25) is 18.6 Å². The van der Waals surface area contributed by atoms with Crippen molar-refractivity contribution in [2.75, 3.05) is 31.7 Å². The number of nitrogens with two attached hydrogens (primary N) is 1. The highest BCUT2D eigenvalue weighted by Gasteiger charge is 2.25. The Hall–Kier alpha value is -2.61. The van der Waals surface area contributed by atoms with Crippen LogP contribution in [0.2, 0.25) is 0 Å². The lowest BCUT2D eigenvalue weighted by molar-refractivity contribution is -0.123. The van der Waals surface area contributed by atoms with Gasteiger partial charge in [0.1, 0.15) is 0 Å². The standard InChI is InChI=1S/C17H21N3O5/c1-10(21)12-6-14-15(25-9-24-14)7-13(12)19-16(22)8-20-4-2-11(3-5-20)17(18)23/h6-7,11H,2-5,8-9H2,1H3,(H2,18,23)(H,19,22). The minimum Gasteiger partial charge on any atom is -0.454 e. The topological polar surface area (TPSA) is 111 Å². The van der Waals surface area contributed by atoms with E-state index < -0.39 is 0 Å². The average molecular weight is 347 g/mol. The number of ether oxygens (including phenoxy) is 2. The minimum absolute atomic E-state index is 0.0961. The van der Waals surface area contributed by atoms with Gasteiger partial charge in [-0.05, 0) is 38.9 Å². The van der Waals surface area contributed by atoms with Crippen molar-refractivity contribution in [1.82, 2.24) is 4.90 Å². The predicted molar refractivity (Wildman–Crippen MR) is 89.6 cm³/mol. The number of rotatable bonds is 5. The fourth-order valence-electron chi connectivity index (χ4n) is 3.11. The molecule has 1 aromatic carbocycles. The number of Topliss-reactive ketones (excluding diaryl/α,β-unsaturated/α-hetero) is 1. The largest absolute Gasteiger partial charge is 0.454 e. The van der Waals surface area contributed by atoms with Gasteiger partial charge in [0.15, 0.2) is 17.3 Å². The first kappa shape index (κ1) is 17.2. The Morgan fingerprint density at radius 3 is 2.44 bits per heavy atom. The van der Waals surface area contributed by atoms with Gasteiger partial charge >= 0.3 is 0 Å². The molecule has 2 aliphatic rings. The van der Waals surface area contributed by atoms with E-state index in [9.17, 15) is 14.4 Å². The van der Waals surface area contributed by atoms with Gasteiger partial charge in [-0.1, -0.05) is 0 Å². The molecule has 2 amide bonds. The number of nitrogens with one attached hydrogen (secondary N) is 1. The SMILES string of the molecule is CC(=O)c1cc2c(cc1NC(=O)CN1CCC(C(N)=O)CC1)OCO2.